The number of nitrogens with zero attached hydrogens (tertiary/aromatic N) is 2. The zero-order valence-electron chi connectivity index (χ0n) is 21.5. The Morgan fingerprint density at radius 3 is 2.32 bits per heavy atom. The van der Waals surface area contributed by atoms with Crippen molar-refractivity contribution in [1.29, 1.82) is 0 Å². The molecule has 1 N–H and O–H groups in total. The van der Waals surface area contributed by atoms with Crippen molar-refractivity contribution in [2.24, 2.45) is 0 Å². The molecule has 2 aromatic carbocycles. The molecule has 0 radical (unpaired) electrons. The van der Waals surface area contributed by atoms with Gasteiger partial charge < -0.3 is 15.0 Å². The van der Waals surface area contributed by atoms with Crippen molar-refractivity contribution in [3.05, 3.63) is 57.0 Å². The van der Waals surface area contributed by atoms with E-state index >= 15 is 0 Å². The number of halogens is 3. The second-order valence-corrected chi connectivity index (χ2v) is 12.4. The number of hydrogen-bond acceptors (Lipinski definition) is 5. The largest absolute Gasteiger partial charge is 0.495 e. The number of nitrogens with one attached hydrogen (secondary N) is 1. The van der Waals surface area contributed by atoms with Crippen molar-refractivity contribution in [1.82, 2.24) is 10.2 Å². The molecule has 0 aromatic heterocycles. The summed E-state index contributed by atoms with van der Waals surface area (Å²) in [6.07, 6.45) is 5.18. The number of amides is 2. The van der Waals surface area contributed by atoms with E-state index in [2.05, 4.69) is 5.32 Å². The molecule has 1 saturated carbocycles. The fourth-order valence-corrected chi connectivity index (χ4v) is 6.11. The van der Waals surface area contributed by atoms with E-state index in [4.69, 9.17) is 39.5 Å². The summed E-state index contributed by atoms with van der Waals surface area (Å²) < 4.78 is 31.7. The summed E-state index contributed by atoms with van der Waals surface area (Å²) in [5.41, 5.74) is 0.773. The Balaban J connectivity index is 1.96. The number of carbonyl (C=O) groups excluding carboxylic acids is 2. The zero-order valence-corrected chi connectivity index (χ0v) is 24.6. The fourth-order valence-electron chi connectivity index (χ4n) is 4.54. The van der Waals surface area contributed by atoms with E-state index in [9.17, 15) is 18.0 Å². The number of anilines is 1. The molecule has 0 spiro atoms. The van der Waals surface area contributed by atoms with Crippen LogP contribution >= 0.6 is 34.8 Å². The van der Waals surface area contributed by atoms with Gasteiger partial charge in [0.15, 0.2) is 0 Å². The first-order valence-electron chi connectivity index (χ1n) is 12.3. The number of ether oxygens (including phenoxy) is 1. The van der Waals surface area contributed by atoms with Gasteiger partial charge in [-0.3, -0.25) is 13.9 Å². The Labute approximate surface area is 239 Å². The van der Waals surface area contributed by atoms with Crippen molar-refractivity contribution in [2.75, 3.05) is 24.2 Å². The molecule has 1 aliphatic carbocycles. The summed E-state index contributed by atoms with van der Waals surface area (Å²) in [4.78, 5) is 28.5. The Bertz CT molecular complexity index is 1270. The quantitative estimate of drug-likeness (QED) is 0.376. The van der Waals surface area contributed by atoms with Crippen LogP contribution in [0.3, 0.4) is 0 Å². The predicted molar refractivity (Wildman–Crippen MR) is 152 cm³/mol. The molecule has 3 rings (SSSR count). The van der Waals surface area contributed by atoms with Gasteiger partial charge in [0.1, 0.15) is 18.3 Å². The molecule has 2 amide bonds. The lowest BCUT2D eigenvalue weighted by atomic mass is 10.1. The topological polar surface area (TPSA) is 96.0 Å². The van der Waals surface area contributed by atoms with Crippen molar-refractivity contribution >= 4 is 62.3 Å². The van der Waals surface area contributed by atoms with Gasteiger partial charge in [-0.2, -0.15) is 0 Å². The lowest BCUT2D eigenvalue weighted by Gasteiger charge is -2.33. The summed E-state index contributed by atoms with van der Waals surface area (Å²) in [6, 6.07) is 8.55. The number of benzene rings is 2. The van der Waals surface area contributed by atoms with Crippen LogP contribution in [0, 0.1) is 0 Å². The average Bonchev–Trinajstić information content (AvgIpc) is 3.35. The molecule has 208 valence electrons. The van der Waals surface area contributed by atoms with Gasteiger partial charge >= 0.3 is 0 Å². The van der Waals surface area contributed by atoms with E-state index in [1.807, 2.05) is 0 Å². The summed E-state index contributed by atoms with van der Waals surface area (Å²) in [6.45, 7) is 1.26. The first kappa shape index (κ1) is 30.3. The fraction of sp³-hybridized carbons (Fsp3) is 0.462. The summed E-state index contributed by atoms with van der Waals surface area (Å²) in [7, 11) is -2.45. The Morgan fingerprint density at radius 2 is 1.76 bits per heavy atom. The molecule has 12 heteroatoms. The number of rotatable bonds is 11. The minimum absolute atomic E-state index is 0.00754. The van der Waals surface area contributed by atoms with Crippen LogP contribution in [-0.4, -0.2) is 57.1 Å². The van der Waals surface area contributed by atoms with Crippen molar-refractivity contribution in [3.8, 4) is 5.75 Å². The molecule has 1 atom stereocenters. The van der Waals surface area contributed by atoms with Crippen LogP contribution in [0.2, 0.25) is 15.1 Å². The lowest BCUT2D eigenvalue weighted by molar-refractivity contribution is -0.140. The van der Waals surface area contributed by atoms with Crippen molar-refractivity contribution in [3.63, 3.8) is 0 Å². The highest BCUT2D eigenvalue weighted by atomic mass is 35.5. The highest BCUT2D eigenvalue weighted by Crippen LogP contribution is 2.31. The maximum absolute atomic E-state index is 13.8. The van der Waals surface area contributed by atoms with Gasteiger partial charge in [0.2, 0.25) is 21.8 Å². The van der Waals surface area contributed by atoms with Crippen LogP contribution in [0.1, 0.15) is 44.6 Å². The maximum atomic E-state index is 13.8. The molecule has 1 aliphatic rings. The number of sulfonamides is 1. The Kier molecular flexibility index (Phi) is 10.6. The monoisotopic (exact) mass is 603 g/mol. The molecular formula is C26H32Cl3N3O5S. The van der Waals surface area contributed by atoms with Crippen LogP contribution in [0.15, 0.2) is 36.4 Å². The first-order chi connectivity index (χ1) is 17.9. The first-order valence-corrected chi connectivity index (χ1v) is 15.3. The SMILES string of the molecule is CC[C@@H](C(=O)NC1CCCC1)N(Cc1ccc(Cl)cc1Cl)C(=O)CN(c1ccc(OC)c(Cl)c1)S(C)(=O)=O. The molecule has 0 saturated heterocycles. The minimum atomic E-state index is -3.90. The molecule has 0 aliphatic heterocycles. The van der Waals surface area contributed by atoms with Gasteiger partial charge in [-0.05, 0) is 55.2 Å². The van der Waals surface area contributed by atoms with Crippen LogP contribution < -0.4 is 14.4 Å². The normalized spacial score (nSPS) is 14.7. The van der Waals surface area contributed by atoms with E-state index in [1.165, 1.54) is 30.2 Å². The van der Waals surface area contributed by atoms with Gasteiger partial charge in [-0.15, -0.1) is 0 Å². The highest BCUT2D eigenvalue weighted by Gasteiger charge is 2.33. The van der Waals surface area contributed by atoms with E-state index in [0.717, 1.165) is 36.2 Å². The molecule has 38 heavy (non-hydrogen) atoms. The van der Waals surface area contributed by atoms with Crippen LogP contribution in [0.5, 0.6) is 5.75 Å². The van der Waals surface area contributed by atoms with Gasteiger partial charge in [-0.25, -0.2) is 8.42 Å². The third-order valence-corrected chi connectivity index (χ3v) is 8.57. The average molecular weight is 605 g/mol. The number of hydrogen-bond donors (Lipinski definition) is 1. The zero-order chi connectivity index (χ0) is 28.0. The lowest BCUT2D eigenvalue weighted by Crippen LogP contribution is -2.53. The van der Waals surface area contributed by atoms with Gasteiger partial charge in [0.05, 0.1) is 24.1 Å². The third kappa shape index (κ3) is 7.68. The minimum Gasteiger partial charge on any atom is -0.495 e. The summed E-state index contributed by atoms with van der Waals surface area (Å²) >= 11 is 18.7. The van der Waals surface area contributed by atoms with Gasteiger partial charge in [0, 0.05) is 22.6 Å². The van der Waals surface area contributed by atoms with E-state index in [1.54, 1.807) is 25.1 Å². The van der Waals surface area contributed by atoms with Crippen molar-refractivity contribution in [2.45, 2.75) is 57.7 Å². The van der Waals surface area contributed by atoms with Gasteiger partial charge in [-0.1, -0.05) is 60.6 Å². The number of methoxy groups -OCH3 is 1. The predicted octanol–water partition coefficient (Wildman–Crippen LogP) is 5.29. The molecule has 0 unspecified atom stereocenters. The highest BCUT2D eigenvalue weighted by molar-refractivity contribution is 7.92. The Hall–Kier alpha value is -2.20. The second kappa shape index (κ2) is 13.2. The summed E-state index contributed by atoms with van der Waals surface area (Å²) in [5, 5.41) is 4.02. The Morgan fingerprint density at radius 1 is 1.08 bits per heavy atom. The molecule has 0 bridgehead atoms. The molecular weight excluding hydrogens is 573 g/mol. The van der Waals surface area contributed by atoms with Crippen LogP contribution in [-0.2, 0) is 26.2 Å². The second-order valence-electron chi connectivity index (χ2n) is 9.26. The standard InChI is InChI=1S/C26H32Cl3N3O5S/c1-4-23(26(34)30-19-7-5-6-8-19)31(15-17-9-10-18(27)13-21(17)28)25(33)16-32(38(3,35)36)20-11-12-24(37-2)22(29)14-20/h9-14,19,23H,4-8,15-16H2,1-3H3,(H,30,34)/t23-/m0/s1. The smallest absolute Gasteiger partial charge is 0.244 e. The van der Waals surface area contributed by atoms with Crippen LogP contribution in [0.25, 0.3) is 0 Å². The van der Waals surface area contributed by atoms with Crippen LogP contribution in [0.4, 0.5) is 5.69 Å². The van der Waals surface area contributed by atoms with E-state index < -0.39 is 28.5 Å². The van der Waals surface area contributed by atoms with Crippen molar-refractivity contribution < 1.29 is 22.7 Å². The molecule has 0 heterocycles. The molecule has 1 fully saturated rings. The maximum Gasteiger partial charge on any atom is 0.244 e. The van der Waals surface area contributed by atoms with E-state index in [0.29, 0.717) is 27.8 Å². The van der Waals surface area contributed by atoms with Gasteiger partial charge in [0.25, 0.3) is 0 Å². The number of carbonyl (C=O) groups is 2. The third-order valence-electron chi connectivity index (χ3n) is 6.55. The van der Waals surface area contributed by atoms with E-state index in [-0.39, 0.29) is 29.2 Å². The molecule has 8 nitrogen and oxygen atoms in total. The summed E-state index contributed by atoms with van der Waals surface area (Å²) in [5.74, 6) is -0.484. The molecule has 2 aromatic rings.